The number of halogens is 1. The molecular formula is C23H32ClN3O. The molecule has 0 spiro atoms. The van der Waals surface area contributed by atoms with Gasteiger partial charge in [-0.3, -0.25) is 9.69 Å². The van der Waals surface area contributed by atoms with Gasteiger partial charge in [0.05, 0.1) is 12.6 Å². The zero-order valence-electron chi connectivity index (χ0n) is 17.0. The zero-order chi connectivity index (χ0) is 19.4. The van der Waals surface area contributed by atoms with Gasteiger partial charge in [0.1, 0.15) is 0 Å². The number of hydrogen-bond donors (Lipinski definition) is 2. The first kappa shape index (κ1) is 22.4. The van der Waals surface area contributed by atoms with E-state index in [1.807, 2.05) is 13.0 Å². The summed E-state index contributed by atoms with van der Waals surface area (Å²) in [4.78, 5) is 14.8. The van der Waals surface area contributed by atoms with Crippen molar-refractivity contribution in [1.82, 2.24) is 10.2 Å². The van der Waals surface area contributed by atoms with E-state index in [-0.39, 0.29) is 24.4 Å². The van der Waals surface area contributed by atoms with Gasteiger partial charge >= 0.3 is 0 Å². The first-order valence-corrected chi connectivity index (χ1v) is 9.81. The number of likely N-dealkylation sites (tertiary alicyclic amines) is 1. The van der Waals surface area contributed by atoms with Gasteiger partial charge in [0.25, 0.3) is 0 Å². The third kappa shape index (κ3) is 5.34. The van der Waals surface area contributed by atoms with Gasteiger partial charge in [-0.2, -0.15) is 0 Å². The fourth-order valence-electron chi connectivity index (χ4n) is 4.01. The molecule has 1 unspecified atom stereocenters. The number of carbonyl (C=O) groups excluding carboxylic acids is 1. The van der Waals surface area contributed by atoms with E-state index in [0.717, 1.165) is 18.7 Å². The fraction of sp³-hybridized carbons (Fsp3) is 0.435. The third-order valence-electron chi connectivity index (χ3n) is 5.82. The maximum atomic E-state index is 12.6. The molecule has 1 amide bonds. The van der Waals surface area contributed by atoms with Gasteiger partial charge in [-0.15, -0.1) is 12.4 Å². The largest absolute Gasteiger partial charge is 0.348 e. The fourth-order valence-corrected chi connectivity index (χ4v) is 4.01. The second-order valence-corrected chi connectivity index (χ2v) is 7.84. The van der Waals surface area contributed by atoms with Crippen LogP contribution in [0, 0.1) is 19.8 Å². The van der Waals surface area contributed by atoms with E-state index in [1.165, 1.54) is 16.7 Å². The van der Waals surface area contributed by atoms with E-state index in [4.69, 9.17) is 5.73 Å². The van der Waals surface area contributed by atoms with Crippen molar-refractivity contribution < 1.29 is 4.79 Å². The molecule has 1 aliphatic heterocycles. The Hall–Kier alpha value is -1.88. The molecule has 1 heterocycles. The number of nitrogens with two attached hydrogens (primary N) is 1. The van der Waals surface area contributed by atoms with Crippen LogP contribution < -0.4 is 11.1 Å². The average Bonchev–Trinajstić information content (AvgIpc) is 3.07. The van der Waals surface area contributed by atoms with Gasteiger partial charge in [0, 0.05) is 19.0 Å². The van der Waals surface area contributed by atoms with Crippen molar-refractivity contribution in [3.63, 3.8) is 0 Å². The number of amides is 1. The number of hydrogen-bond acceptors (Lipinski definition) is 3. The normalized spacial score (nSPS) is 20.4. The van der Waals surface area contributed by atoms with E-state index < -0.39 is 0 Å². The van der Waals surface area contributed by atoms with Gasteiger partial charge in [-0.1, -0.05) is 48.5 Å². The molecule has 0 bridgehead atoms. The standard InChI is InChI=1S/C23H31N3O.ClH/c1-16-9-10-20(11-17(16)2)18(3)25-23(27)15-26-13-21(12-24)22(14-26)19-7-5-4-6-8-19;/h4-11,18,21-22H,12-15,24H2,1-3H3,(H,25,27);1H/t18?,21-,22+;/m1./s1. The Morgan fingerprint density at radius 1 is 1.14 bits per heavy atom. The lowest BCUT2D eigenvalue weighted by atomic mass is 9.89. The van der Waals surface area contributed by atoms with Crippen LogP contribution in [0.4, 0.5) is 0 Å². The van der Waals surface area contributed by atoms with Crippen molar-refractivity contribution in [2.24, 2.45) is 11.7 Å². The molecule has 3 atom stereocenters. The van der Waals surface area contributed by atoms with Crippen molar-refractivity contribution in [2.45, 2.75) is 32.7 Å². The monoisotopic (exact) mass is 401 g/mol. The third-order valence-corrected chi connectivity index (χ3v) is 5.82. The maximum Gasteiger partial charge on any atom is 0.234 e. The second kappa shape index (κ2) is 10.1. The molecule has 3 rings (SSSR count). The molecule has 0 saturated carbocycles. The van der Waals surface area contributed by atoms with Crippen LogP contribution in [0.1, 0.15) is 41.1 Å². The zero-order valence-corrected chi connectivity index (χ0v) is 17.8. The van der Waals surface area contributed by atoms with E-state index in [9.17, 15) is 4.79 Å². The number of rotatable bonds is 6. The molecule has 28 heavy (non-hydrogen) atoms. The van der Waals surface area contributed by atoms with E-state index >= 15 is 0 Å². The molecule has 0 aromatic heterocycles. The van der Waals surface area contributed by atoms with Gasteiger partial charge < -0.3 is 11.1 Å². The topological polar surface area (TPSA) is 58.4 Å². The molecule has 1 aliphatic rings. The van der Waals surface area contributed by atoms with E-state index in [1.54, 1.807) is 0 Å². The number of nitrogens with zero attached hydrogens (tertiary/aromatic N) is 1. The molecule has 0 radical (unpaired) electrons. The Morgan fingerprint density at radius 2 is 1.86 bits per heavy atom. The van der Waals surface area contributed by atoms with Gasteiger partial charge in [0.15, 0.2) is 0 Å². The van der Waals surface area contributed by atoms with E-state index in [2.05, 4.69) is 66.5 Å². The molecule has 1 saturated heterocycles. The minimum atomic E-state index is 0. The first-order valence-electron chi connectivity index (χ1n) is 9.81. The SMILES string of the molecule is Cc1ccc(C(C)NC(=O)CN2C[C@@H](CN)[C@H](c3ccccc3)C2)cc1C.Cl. The summed E-state index contributed by atoms with van der Waals surface area (Å²) in [6, 6.07) is 16.9. The molecular weight excluding hydrogens is 370 g/mol. The van der Waals surface area contributed by atoms with Crippen LogP contribution in [0.5, 0.6) is 0 Å². The number of nitrogens with one attached hydrogen (secondary N) is 1. The smallest absolute Gasteiger partial charge is 0.234 e. The Labute approximate surface area is 174 Å². The second-order valence-electron chi connectivity index (χ2n) is 7.84. The Morgan fingerprint density at radius 3 is 2.50 bits per heavy atom. The van der Waals surface area contributed by atoms with Crippen LogP contribution in [-0.2, 0) is 4.79 Å². The van der Waals surface area contributed by atoms with Gasteiger partial charge in [-0.25, -0.2) is 0 Å². The van der Waals surface area contributed by atoms with Crippen LogP contribution in [-0.4, -0.2) is 37.0 Å². The molecule has 1 fully saturated rings. The van der Waals surface area contributed by atoms with E-state index in [0.29, 0.717) is 24.9 Å². The average molecular weight is 402 g/mol. The molecule has 152 valence electrons. The number of benzene rings is 2. The van der Waals surface area contributed by atoms with Crippen LogP contribution in [0.25, 0.3) is 0 Å². The highest BCUT2D eigenvalue weighted by Crippen LogP contribution is 2.31. The minimum Gasteiger partial charge on any atom is -0.348 e. The molecule has 2 aromatic rings. The summed E-state index contributed by atoms with van der Waals surface area (Å²) in [5.74, 6) is 0.878. The minimum absolute atomic E-state index is 0. The highest BCUT2D eigenvalue weighted by molar-refractivity contribution is 5.85. The van der Waals surface area contributed by atoms with Crippen molar-refractivity contribution >= 4 is 18.3 Å². The summed E-state index contributed by atoms with van der Waals surface area (Å²) in [5.41, 5.74) is 11.0. The molecule has 2 aromatic carbocycles. The lowest BCUT2D eigenvalue weighted by Crippen LogP contribution is -2.37. The van der Waals surface area contributed by atoms with Crippen molar-refractivity contribution in [1.29, 1.82) is 0 Å². The van der Waals surface area contributed by atoms with Crippen LogP contribution in [0.3, 0.4) is 0 Å². The summed E-state index contributed by atoms with van der Waals surface area (Å²) in [6.07, 6.45) is 0. The Bertz CT molecular complexity index is 781. The molecule has 4 nitrogen and oxygen atoms in total. The lowest BCUT2D eigenvalue weighted by Gasteiger charge is -2.19. The maximum absolute atomic E-state index is 12.6. The highest BCUT2D eigenvalue weighted by atomic mass is 35.5. The van der Waals surface area contributed by atoms with Gasteiger partial charge in [0.2, 0.25) is 5.91 Å². The Balaban J connectivity index is 0.00000280. The van der Waals surface area contributed by atoms with Crippen LogP contribution >= 0.6 is 12.4 Å². The first-order chi connectivity index (χ1) is 13.0. The number of carbonyl (C=O) groups is 1. The molecule has 0 aliphatic carbocycles. The predicted molar refractivity (Wildman–Crippen MR) is 118 cm³/mol. The lowest BCUT2D eigenvalue weighted by molar-refractivity contribution is -0.122. The summed E-state index contributed by atoms with van der Waals surface area (Å²) in [6.45, 7) is 9.09. The highest BCUT2D eigenvalue weighted by Gasteiger charge is 2.33. The van der Waals surface area contributed by atoms with Crippen LogP contribution in [0.2, 0.25) is 0 Å². The molecule has 3 N–H and O–H groups in total. The predicted octanol–water partition coefficient (Wildman–Crippen LogP) is 3.58. The summed E-state index contributed by atoms with van der Waals surface area (Å²) >= 11 is 0. The summed E-state index contributed by atoms with van der Waals surface area (Å²) in [7, 11) is 0. The van der Waals surface area contributed by atoms with Crippen molar-refractivity contribution in [3.05, 3.63) is 70.8 Å². The molecule has 5 heteroatoms. The van der Waals surface area contributed by atoms with Gasteiger partial charge in [-0.05, 0) is 55.5 Å². The summed E-state index contributed by atoms with van der Waals surface area (Å²) in [5, 5.41) is 3.15. The van der Waals surface area contributed by atoms with Crippen LogP contribution in [0.15, 0.2) is 48.5 Å². The quantitative estimate of drug-likeness (QED) is 0.777. The number of aryl methyl sites for hydroxylation is 2. The Kier molecular flexibility index (Phi) is 8.05. The summed E-state index contributed by atoms with van der Waals surface area (Å²) < 4.78 is 0. The van der Waals surface area contributed by atoms with Crippen molar-refractivity contribution in [3.8, 4) is 0 Å². The van der Waals surface area contributed by atoms with Crippen molar-refractivity contribution in [2.75, 3.05) is 26.2 Å².